The number of benzene rings is 15. The van der Waals surface area contributed by atoms with E-state index in [9.17, 15) is 0 Å². The molecule has 15 aromatic rings. The van der Waals surface area contributed by atoms with Crippen LogP contribution in [0.1, 0.15) is 241 Å². The zero-order valence-corrected chi connectivity index (χ0v) is 86.1. The summed E-state index contributed by atoms with van der Waals surface area (Å²) in [6, 6.07) is 141. The maximum absolute atomic E-state index is 2.31. The summed E-state index contributed by atoms with van der Waals surface area (Å²) in [6.45, 7) is 72.8. The van der Waals surface area contributed by atoms with Crippen molar-refractivity contribution in [2.24, 2.45) is 0 Å². The lowest BCUT2D eigenvalue weighted by atomic mass is 9.93. The van der Waals surface area contributed by atoms with Crippen LogP contribution in [0.4, 0.5) is 0 Å². The highest BCUT2D eigenvalue weighted by Gasteiger charge is 2.09. The third-order valence-corrected chi connectivity index (χ3v) is 16.4. The predicted octanol–water partition coefficient (Wildman–Crippen LogP) is 42.4. The second-order valence-corrected chi connectivity index (χ2v) is 24.1. The van der Waals surface area contributed by atoms with Gasteiger partial charge in [-0.05, 0) is 183 Å². The summed E-state index contributed by atoms with van der Waals surface area (Å²) in [5.74, 6) is 0. The van der Waals surface area contributed by atoms with Gasteiger partial charge in [0.15, 0.2) is 0 Å². The van der Waals surface area contributed by atoms with Gasteiger partial charge in [0.2, 0.25) is 0 Å². The van der Waals surface area contributed by atoms with Crippen molar-refractivity contribution in [1.82, 2.24) is 0 Å². The molecule has 126 heavy (non-hydrogen) atoms. The van der Waals surface area contributed by atoms with Crippen LogP contribution in [-0.2, 0) is 0 Å². The average molecular weight is 1690 g/mol. The molecule has 0 aliphatic carbocycles. The monoisotopic (exact) mass is 1690 g/mol. The molecule has 0 heteroatoms. The van der Waals surface area contributed by atoms with Crippen molar-refractivity contribution in [2.45, 2.75) is 249 Å². The highest BCUT2D eigenvalue weighted by Crippen LogP contribution is 2.34. The van der Waals surface area contributed by atoms with Crippen LogP contribution in [0.15, 0.2) is 400 Å². The Bertz CT molecular complexity index is 4580. The van der Waals surface area contributed by atoms with Gasteiger partial charge < -0.3 is 0 Å². The molecule has 0 radical (unpaired) electrons. The maximum Gasteiger partial charge on any atom is -0.0155 e. The number of aryl methyl sites for hydroxylation is 6. The lowest BCUT2D eigenvalue weighted by Crippen LogP contribution is -1.86. The van der Waals surface area contributed by atoms with Crippen molar-refractivity contribution in [3.63, 3.8) is 0 Å². The number of hydrogen-bond donors (Lipinski definition) is 0. The molecular weight excluding hydrogens is 1510 g/mol. The Morgan fingerprint density at radius 2 is 0.254 bits per heavy atom. The quantitative estimate of drug-likeness (QED) is 0.135. The van der Waals surface area contributed by atoms with Crippen molar-refractivity contribution in [2.75, 3.05) is 0 Å². The Balaban J connectivity index is -0.000000335. The first kappa shape index (κ1) is 125. The summed E-state index contributed by atoms with van der Waals surface area (Å²) < 4.78 is 0. The Morgan fingerprint density at radius 1 is 0.0952 bits per heavy atom. The smallest absolute Gasteiger partial charge is 0.0155 e. The zero-order chi connectivity index (χ0) is 96.5. The van der Waals surface area contributed by atoms with Crippen LogP contribution < -0.4 is 0 Å². The van der Waals surface area contributed by atoms with E-state index in [1.54, 1.807) is 0 Å². The molecule has 0 fully saturated rings. The fourth-order valence-corrected chi connectivity index (χ4v) is 11.4. The van der Waals surface area contributed by atoms with Crippen molar-refractivity contribution < 1.29 is 0 Å². The largest absolute Gasteiger partial charge is 0.0683 e. The van der Waals surface area contributed by atoms with Crippen molar-refractivity contribution in [1.29, 1.82) is 0 Å². The maximum atomic E-state index is 2.31. The molecule has 0 spiro atoms. The van der Waals surface area contributed by atoms with Gasteiger partial charge in [0.1, 0.15) is 0 Å². The van der Waals surface area contributed by atoms with E-state index in [-0.39, 0.29) is 0 Å². The Hall–Kier alpha value is -11.7. The summed E-state index contributed by atoms with van der Waals surface area (Å²) in [7, 11) is 0. The molecular formula is C126H174. The van der Waals surface area contributed by atoms with E-state index in [4.69, 9.17) is 0 Å². The van der Waals surface area contributed by atoms with E-state index in [0.29, 0.717) is 0 Å². The Morgan fingerprint density at radius 3 is 0.508 bits per heavy atom. The molecule has 15 aromatic carbocycles. The molecule has 0 amide bonds. The van der Waals surface area contributed by atoms with Crippen LogP contribution in [0.3, 0.4) is 0 Å². The molecule has 0 saturated carbocycles. The van der Waals surface area contributed by atoms with Gasteiger partial charge in [-0.1, -0.05) is 601 Å². The molecule has 0 saturated heterocycles. The topological polar surface area (TPSA) is 0 Å². The summed E-state index contributed by atoms with van der Waals surface area (Å²) >= 11 is 0. The normalized spacial score (nSPS) is 8.48. The van der Waals surface area contributed by atoms with E-state index < -0.39 is 0 Å². The number of rotatable bonds is 9. The predicted molar refractivity (Wildman–Crippen MR) is 586 cm³/mol. The molecule has 0 atom stereocenters. The van der Waals surface area contributed by atoms with Crippen LogP contribution in [0.2, 0.25) is 0 Å². The summed E-state index contributed by atoms with van der Waals surface area (Å²) in [4.78, 5) is 0. The fourth-order valence-electron chi connectivity index (χ4n) is 11.4. The van der Waals surface area contributed by atoms with Gasteiger partial charge in [-0.25, -0.2) is 0 Å². The summed E-state index contributed by atoms with van der Waals surface area (Å²) in [5.41, 5.74) is 30.6. The van der Waals surface area contributed by atoms with Crippen LogP contribution in [0.25, 0.3) is 100 Å². The first-order valence-electron chi connectivity index (χ1n) is 48.1. The van der Waals surface area contributed by atoms with E-state index in [0.717, 1.165) is 0 Å². The molecule has 0 heterocycles. The zero-order valence-electron chi connectivity index (χ0n) is 86.1. The van der Waals surface area contributed by atoms with Gasteiger partial charge >= 0.3 is 0 Å². The molecule has 0 nitrogen and oxygen atoms in total. The first-order chi connectivity index (χ1) is 62.1. The molecule has 0 aromatic heterocycles. The fraction of sp³-hybridized carbons (Fsp3) is 0.286. The standard InChI is InChI=1S/C31H24.C19H16.3C13H12.C7H8.15C2H6/c1-23-18-30(28-16-8-14-26(20-28)24-10-4-2-5-11-24)22-31(19-23)29-17-9-15-27(21-29)25-12-6-3-7-13-25;1-15-12-18(16-8-4-2-5-9-16)14-19(13-15)17-10-6-3-7-11-17;1-11-7-5-6-10-13(11)12-8-3-2-4-9-12;1-11-6-5-9-13(10-11)12-7-3-2-4-8-12;1-11-7-9-13(10-8-11)12-5-3-2-4-6-12;1-7-5-3-2-4-6-7;15*1-2/h2-22H,1H3;2-14H,1H3;3*2-10H,1H3;2-6H,1H3;15*1-2H3. The molecule has 0 aliphatic rings. The van der Waals surface area contributed by atoms with Gasteiger partial charge in [0.05, 0.1) is 0 Å². The molecule has 0 N–H and O–H groups in total. The van der Waals surface area contributed by atoms with E-state index in [1.807, 2.05) is 244 Å². The average Bonchev–Trinajstić information content (AvgIpc) is 0.805. The number of hydrogen-bond acceptors (Lipinski definition) is 0. The van der Waals surface area contributed by atoms with E-state index >= 15 is 0 Å². The van der Waals surface area contributed by atoms with E-state index in [2.05, 4.69) is 406 Å². The minimum Gasteiger partial charge on any atom is -0.0683 e. The lowest BCUT2D eigenvalue weighted by molar-refractivity contribution is 1.46. The Labute approximate surface area is 777 Å². The SMILES string of the molecule is CC.CC.CC.CC.CC.CC.CC.CC.CC.CC.CC.CC.CC.CC.CC.Cc1cc(-c2cccc(-c3ccccc3)c2)cc(-c2cccc(-c3ccccc3)c2)c1.Cc1cc(-c2ccccc2)cc(-c2ccccc2)c1.Cc1ccc(-c2ccccc2)cc1.Cc1cccc(-c2ccccc2)c1.Cc1ccccc1.Cc1ccccc1-c1ccccc1. The van der Waals surface area contributed by atoms with Crippen LogP contribution in [0.5, 0.6) is 0 Å². The molecule has 0 aliphatic heterocycles. The minimum absolute atomic E-state index is 1.24. The highest BCUT2D eigenvalue weighted by molar-refractivity contribution is 5.80. The van der Waals surface area contributed by atoms with Gasteiger partial charge in [0, 0.05) is 0 Å². The van der Waals surface area contributed by atoms with Gasteiger partial charge in [-0.2, -0.15) is 0 Å². The van der Waals surface area contributed by atoms with Gasteiger partial charge in [0.25, 0.3) is 0 Å². The minimum atomic E-state index is 1.24. The molecule has 15 rings (SSSR count). The summed E-state index contributed by atoms with van der Waals surface area (Å²) in [5, 5.41) is 0. The second-order valence-electron chi connectivity index (χ2n) is 24.1. The van der Waals surface area contributed by atoms with Gasteiger partial charge in [-0.3, -0.25) is 0 Å². The third kappa shape index (κ3) is 52.2. The molecule has 0 unspecified atom stereocenters. The Kier molecular flexibility index (Phi) is 88.9. The van der Waals surface area contributed by atoms with Crippen LogP contribution >= 0.6 is 0 Å². The first-order valence-corrected chi connectivity index (χ1v) is 48.1. The van der Waals surface area contributed by atoms with Crippen LogP contribution in [0, 0.1) is 41.5 Å². The van der Waals surface area contributed by atoms with Crippen LogP contribution in [-0.4, -0.2) is 0 Å². The van der Waals surface area contributed by atoms with Gasteiger partial charge in [-0.15, -0.1) is 0 Å². The highest BCUT2D eigenvalue weighted by atomic mass is 14.1. The molecule has 0 bridgehead atoms. The summed E-state index contributed by atoms with van der Waals surface area (Å²) in [6.07, 6.45) is 0. The van der Waals surface area contributed by atoms with E-state index in [1.165, 1.54) is 134 Å². The second kappa shape index (κ2) is 89.6. The lowest BCUT2D eigenvalue weighted by Gasteiger charge is -2.11. The third-order valence-electron chi connectivity index (χ3n) is 16.4. The van der Waals surface area contributed by atoms with Crippen molar-refractivity contribution in [3.05, 3.63) is 434 Å². The molecule has 678 valence electrons. The van der Waals surface area contributed by atoms with Crippen molar-refractivity contribution >= 4 is 0 Å². The van der Waals surface area contributed by atoms with Crippen molar-refractivity contribution in [3.8, 4) is 100 Å².